The zero-order valence-corrected chi connectivity index (χ0v) is 13.3. The number of nitrogens with one attached hydrogen (secondary N) is 1. The molecule has 2 aromatic rings. The SMILES string of the molecule is CC1(C)Cc2ccc(C#N)cc2/C(=C/C(=O)c2ccccc2)N1. The first-order valence-electron chi connectivity index (χ1n) is 7.61. The zero-order chi connectivity index (χ0) is 16.4. The minimum Gasteiger partial charge on any atom is -0.379 e. The molecule has 0 fully saturated rings. The van der Waals surface area contributed by atoms with Crippen LogP contribution in [0.1, 0.15) is 40.9 Å². The second-order valence-electron chi connectivity index (χ2n) is 6.46. The molecule has 0 bridgehead atoms. The van der Waals surface area contributed by atoms with Crippen LogP contribution in [0.3, 0.4) is 0 Å². The topological polar surface area (TPSA) is 52.9 Å². The quantitative estimate of drug-likeness (QED) is 0.679. The van der Waals surface area contributed by atoms with Crippen LogP contribution in [-0.4, -0.2) is 11.3 Å². The molecule has 1 heterocycles. The van der Waals surface area contributed by atoms with Crippen molar-refractivity contribution >= 4 is 11.5 Å². The van der Waals surface area contributed by atoms with Gasteiger partial charge in [-0.25, -0.2) is 0 Å². The summed E-state index contributed by atoms with van der Waals surface area (Å²) >= 11 is 0. The van der Waals surface area contributed by atoms with Crippen molar-refractivity contribution in [2.45, 2.75) is 25.8 Å². The predicted molar refractivity (Wildman–Crippen MR) is 90.8 cm³/mol. The summed E-state index contributed by atoms with van der Waals surface area (Å²) in [6.45, 7) is 4.21. The summed E-state index contributed by atoms with van der Waals surface area (Å²) in [5, 5.41) is 12.6. The van der Waals surface area contributed by atoms with E-state index in [0.717, 1.165) is 23.2 Å². The van der Waals surface area contributed by atoms with Gasteiger partial charge in [-0.1, -0.05) is 36.4 Å². The monoisotopic (exact) mass is 302 g/mol. The minimum absolute atomic E-state index is 0.0425. The molecule has 0 saturated heterocycles. The molecule has 3 rings (SSSR count). The molecule has 2 aromatic carbocycles. The van der Waals surface area contributed by atoms with Crippen LogP contribution in [0.4, 0.5) is 0 Å². The number of nitriles is 1. The molecule has 0 atom stereocenters. The van der Waals surface area contributed by atoms with E-state index in [1.807, 2.05) is 36.4 Å². The number of allylic oxidation sites excluding steroid dienone is 1. The Kier molecular flexibility index (Phi) is 3.75. The Morgan fingerprint density at radius 2 is 1.96 bits per heavy atom. The van der Waals surface area contributed by atoms with Gasteiger partial charge in [0.1, 0.15) is 0 Å². The third-order valence-corrected chi connectivity index (χ3v) is 3.97. The van der Waals surface area contributed by atoms with Crippen LogP contribution in [0, 0.1) is 11.3 Å². The fourth-order valence-electron chi connectivity index (χ4n) is 2.93. The van der Waals surface area contributed by atoms with E-state index in [1.54, 1.807) is 18.2 Å². The number of ketones is 1. The van der Waals surface area contributed by atoms with Crippen LogP contribution >= 0.6 is 0 Å². The van der Waals surface area contributed by atoms with Gasteiger partial charge in [0, 0.05) is 28.4 Å². The lowest BCUT2D eigenvalue weighted by Gasteiger charge is -2.35. The van der Waals surface area contributed by atoms with E-state index >= 15 is 0 Å². The Labute approximate surface area is 136 Å². The average Bonchev–Trinajstić information content (AvgIpc) is 2.54. The molecule has 1 N–H and O–H groups in total. The van der Waals surface area contributed by atoms with Gasteiger partial charge in [0.15, 0.2) is 5.78 Å². The molecular weight excluding hydrogens is 284 g/mol. The molecule has 3 nitrogen and oxygen atoms in total. The van der Waals surface area contributed by atoms with E-state index < -0.39 is 0 Å². The van der Waals surface area contributed by atoms with Crippen LogP contribution in [0.5, 0.6) is 0 Å². The summed E-state index contributed by atoms with van der Waals surface area (Å²) in [6.07, 6.45) is 2.49. The van der Waals surface area contributed by atoms with Crippen LogP contribution < -0.4 is 5.32 Å². The molecule has 3 heteroatoms. The Balaban J connectivity index is 2.07. The fourth-order valence-corrected chi connectivity index (χ4v) is 2.93. The number of hydrogen-bond donors (Lipinski definition) is 1. The highest BCUT2D eigenvalue weighted by Gasteiger charge is 2.28. The summed E-state index contributed by atoms with van der Waals surface area (Å²) in [6, 6.07) is 17.0. The van der Waals surface area contributed by atoms with Crippen molar-refractivity contribution in [1.82, 2.24) is 5.32 Å². The van der Waals surface area contributed by atoms with Crippen LogP contribution in [0.2, 0.25) is 0 Å². The summed E-state index contributed by atoms with van der Waals surface area (Å²) in [5.41, 5.74) is 3.99. The average molecular weight is 302 g/mol. The van der Waals surface area contributed by atoms with E-state index in [4.69, 9.17) is 5.26 Å². The first-order chi connectivity index (χ1) is 11.0. The van der Waals surface area contributed by atoms with Crippen molar-refractivity contribution in [3.8, 4) is 6.07 Å². The van der Waals surface area contributed by atoms with Crippen molar-refractivity contribution in [3.05, 3.63) is 76.9 Å². The molecule has 0 saturated carbocycles. The van der Waals surface area contributed by atoms with Crippen LogP contribution in [-0.2, 0) is 6.42 Å². The van der Waals surface area contributed by atoms with Gasteiger partial charge in [0.2, 0.25) is 0 Å². The molecule has 0 unspecified atom stereocenters. The van der Waals surface area contributed by atoms with Crippen LogP contribution in [0.15, 0.2) is 54.6 Å². The van der Waals surface area contributed by atoms with Gasteiger partial charge < -0.3 is 5.32 Å². The summed E-state index contributed by atoms with van der Waals surface area (Å²) in [7, 11) is 0. The Hall–Kier alpha value is -2.86. The zero-order valence-electron chi connectivity index (χ0n) is 13.3. The number of hydrogen-bond acceptors (Lipinski definition) is 3. The number of carbonyl (C=O) groups is 1. The number of benzene rings is 2. The van der Waals surface area contributed by atoms with E-state index in [1.165, 1.54) is 0 Å². The maximum Gasteiger partial charge on any atom is 0.187 e. The summed E-state index contributed by atoms with van der Waals surface area (Å²) in [4.78, 5) is 12.5. The molecule has 0 amide bonds. The van der Waals surface area contributed by atoms with Gasteiger partial charge in [0.05, 0.1) is 11.6 Å². The van der Waals surface area contributed by atoms with E-state index in [9.17, 15) is 4.79 Å². The van der Waals surface area contributed by atoms with E-state index in [2.05, 4.69) is 25.2 Å². The van der Waals surface area contributed by atoms with E-state index in [-0.39, 0.29) is 11.3 Å². The standard InChI is InChI=1S/C20H18N2O/c1-20(2)12-16-9-8-14(13-21)10-17(16)18(22-20)11-19(23)15-6-4-3-5-7-15/h3-11,22H,12H2,1-2H3/b18-11-. The molecular formula is C20H18N2O. The Morgan fingerprint density at radius 3 is 2.65 bits per heavy atom. The van der Waals surface area contributed by atoms with Gasteiger partial charge in [-0.3, -0.25) is 4.79 Å². The third kappa shape index (κ3) is 3.17. The predicted octanol–water partition coefficient (Wildman–Crippen LogP) is 3.71. The summed E-state index contributed by atoms with van der Waals surface area (Å²) < 4.78 is 0. The highest BCUT2D eigenvalue weighted by molar-refractivity contribution is 6.08. The number of fused-ring (bicyclic) bond motifs is 1. The van der Waals surface area contributed by atoms with Gasteiger partial charge in [0.25, 0.3) is 0 Å². The van der Waals surface area contributed by atoms with Crippen molar-refractivity contribution in [2.75, 3.05) is 0 Å². The highest BCUT2D eigenvalue weighted by Crippen LogP contribution is 2.30. The molecule has 23 heavy (non-hydrogen) atoms. The fraction of sp³-hybridized carbons (Fsp3) is 0.200. The van der Waals surface area contributed by atoms with Crippen molar-refractivity contribution in [2.24, 2.45) is 0 Å². The first-order valence-corrected chi connectivity index (χ1v) is 7.61. The lowest BCUT2D eigenvalue weighted by atomic mass is 9.84. The van der Waals surface area contributed by atoms with Crippen molar-refractivity contribution in [3.63, 3.8) is 0 Å². The number of nitrogens with zero attached hydrogens (tertiary/aromatic N) is 1. The molecule has 1 aliphatic rings. The lowest BCUT2D eigenvalue weighted by molar-refractivity contribution is 0.104. The lowest BCUT2D eigenvalue weighted by Crippen LogP contribution is -2.43. The minimum atomic E-state index is -0.135. The van der Waals surface area contributed by atoms with Crippen molar-refractivity contribution in [1.29, 1.82) is 5.26 Å². The second kappa shape index (κ2) is 5.73. The molecule has 114 valence electrons. The van der Waals surface area contributed by atoms with Gasteiger partial charge in [-0.15, -0.1) is 0 Å². The highest BCUT2D eigenvalue weighted by atomic mass is 16.1. The Morgan fingerprint density at radius 1 is 1.22 bits per heavy atom. The number of carbonyl (C=O) groups excluding carboxylic acids is 1. The van der Waals surface area contributed by atoms with Crippen LogP contribution in [0.25, 0.3) is 5.70 Å². The maximum absolute atomic E-state index is 12.5. The van der Waals surface area contributed by atoms with Gasteiger partial charge in [-0.2, -0.15) is 5.26 Å². The Bertz CT molecular complexity index is 826. The molecule has 0 radical (unpaired) electrons. The normalized spacial score (nSPS) is 17.0. The van der Waals surface area contributed by atoms with Gasteiger partial charge >= 0.3 is 0 Å². The largest absolute Gasteiger partial charge is 0.379 e. The molecule has 0 spiro atoms. The number of rotatable bonds is 2. The summed E-state index contributed by atoms with van der Waals surface area (Å²) in [5.74, 6) is -0.0425. The van der Waals surface area contributed by atoms with Crippen molar-refractivity contribution < 1.29 is 4.79 Å². The third-order valence-electron chi connectivity index (χ3n) is 3.97. The van der Waals surface area contributed by atoms with Gasteiger partial charge in [-0.05, 0) is 38.0 Å². The second-order valence-corrected chi connectivity index (χ2v) is 6.46. The van der Waals surface area contributed by atoms with E-state index in [0.29, 0.717) is 11.1 Å². The maximum atomic E-state index is 12.5. The molecule has 0 aliphatic carbocycles. The molecule has 0 aromatic heterocycles. The first kappa shape index (κ1) is 15.1. The molecule has 1 aliphatic heterocycles. The smallest absolute Gasteiger partial charge is 0.187 e.